The van der Waals surface area contributed by atoms with Crippen molar-refractivity contribution in [2.24, 2.45) is 0 Å². The van der Waals surface area contributed by atoms with Gasteiger partial charge in [-0.2, -0.15) is 5.10 Å². The zero-order chi connectivity index (χ0) is 10.3. The van der Waals surface area contributed by atoms with E-state index in [0.29, 0.717) is 5.03 Å². The van der Waals surface area contributed by atoms with Crippen molar-refractivity contribution in [1.82, 2.24) is 10.2 Å². The Morgan fingerprint density at radius 1 is 1.54 bits per heavy atom. The van der Waals surface area contributed by atoms with Crippen LogP contribution in [0, 0.1) is 4.78 Å². The minimum atomic E-state index is -2.68. The molecule has 74 valence electrons. The highest BCUT2D eigenvalue weighted by atomic mass is 32.2. The average molecular weight is 201 g/mol. The van der Waals surface area contributed by atoms with E-state index in [1.165, 1.54) is 6.26 Å². The van der Waals surface area contributed by atoms with Crippen molar-refractivity contribution in [3.63, 3.8) is 0 Å². The second kappa shape index (κ2) is 2.83. The third kappa shape index (κ3) is 2.30. The van der Waals surface area contributed by atoms with E-state index >= 15 is 0 Å². The first-order valence-corrected chi connectivity index (χ1v) is 5.97. The van der Waals surface area contributed by atoms with Gasteiger partial charge in [-0.05, 0) is 6.07 Å². The molecule has 1 heterocycles. The number of H-pyrrole nitrogens is 1. The molecule has 13 heavy (non-hydrogen) atoms. The van der Waals surface area contributed by atoms with Gasteiger partial charge in [-0.15, -0.1) is 0 Å². The second-order valence-corrected chi connectivity index (χ2v) is 6.32. The molecule has 1 atom stereocenters. The van der Waals surface area contributed by atoms with E-state index in [1.807, 2.05) is 20.8 Å². The Bertz CT molecular complexity index is 397. The van der Waals surface area contributed by atoms with Gasteiger partial charge in [0.15, 0.2) is 5.03 Å². The van der Waals surface area contributed by atoms with Gasteiger partial charge in [-0.1, -0.05) is 20.8 Å². The number of rotatable bonds is 1. The summed E-state index contributed by atoms with van der Waals surface area (Å²) >= 11 is 0. The molecule has 0 fully saturated rings. The van der Waals surface area contributed by atoms with Crippen LogP contribution in [-0.4, -0.2) is 20.7 Å². The normalized spacial score (nSPS) is 16.9. The van der Waals surface area contributed by atoms with Crippen LogP contribution in [0.3, 0.4) is 0 Å². The molecule has 1 aromatic heterocycles. The predicted octanol–water partition coefficient (Wildman–Crippen LogP) is 1.74. The zero-order valence-corrected chi connectivity index (χ0v) is 9.16. The lowest BCUT2D eigenvalue weighted by Crippen LogP contribution is -2.11. The van der Waals surface area contributed by atoms with E-state index in [1.54, 1.807) is 6.07 Å². The first-order chi connectivity index (χ1) is 5.71. The fourth-order valence-electron chi connectivity index (χ4n) is 0.887. The van der Waals surface area contributed by atoms with E-state index in [2.05, 4.69) is 10.2 Å². The maximum absolute atomic E-state index is 11.3. The summed E-state index contributed by atoms with van der Waals surface area (Å²) in [7, 11) is -2.68. The van der Waals surface area contributed by atoms with Crippen molar-refractivity contribution >= 4 is 9.73 Å². The van der Waals surface area contributed by atoms with Crippen molar-refractivity contribution in [3.8, 4) is 0 Å². The van der Waals surface area contributed by atoms with Crippen LogP contribution >= 0.6 is 0 Å². The number of hydrogen-bond acceptors (Lipinski definition) is 3. The fraction of sp³-hybridized carbons (Fsp3) is 0.625. The van der Waals surface area contributed by atoms with Gasteiger partial charge in [0.05, 0.1) is 9.73 Å². The number of aromatic nitrogens is 2. The van der Waals surface area contributed by atoms with Crippen LogP contribution in [-0.2, 0) is 15.1 Å². The summed E-state index contributed by atoms with van der Waals surface area (Å²) in [6.45, 7) is 6.10. The third-order valence-corrected chi connectivity index (χ3v) is 2.77. The highest BCUT2D eigenvalue weighted by molar-refractivity contribution is 7.91. The Kier molecular flexibility index (Phi) is 2.23. The molecular weight excluding hydrogens is 186 g/mol. The van der Waals surface area contributed by atoms with Crippen LogP contribution in [0.5, 0.6) is 0 Å². The summed E-state index contributed by atoms with van der Waals surface area (Å²) in [5, 5.41) is 7.00. The van der Waals surface area contributed by atoms with E-state index in [9.17, 15) is 4.21 Å². The molecule has 0 saturated heterocycles. The van der Waals surface area contributed by atoms with Gasteiger partial charge in [0, 0.05) is 17.4 Å². The Balaban J connectivity index is 3.16. The van der Waals surface area contributed by atoms with Gasteiger partial charge in [-0.3, -0.25) is 5.10 Å². The monoisotopic (exact) mass is 201 g/mol. The molecule has 0 spiro atoms. The molecule has 0 saturated carbocycles. The van der Waals surface area contributed by atoms with Crippen LogP contribution in [0.15, 0.2) is 11.1 Å². The Labute approximate surface area is 78.7 Å². The maximum Gasteiger partial charge on any atom is 0.157 e. The molecule has 0 aromatic carbocycles. The molecular formula is C8H15N3OS. The molecule has 0 aliphatic rings. The molecule has 5 heteroatoms. The lowest BCUT2D eigenvalue weighted by molar-refractivity contribution is 0.567. The minimum absolute atomic E-state index is 0.0457. The van der Waals surface area contributed by atoms with Crippen molar-refractivity contribution in [3.05, 3.63) is 11.8 Å². The smallest absolute Gasteiger partial charge is 0.157 e. The first kappa shape index (κ1) is 10.2. The largest absolute Gasteiger partial charge is 0.281 e. The number of aromatic amines is 1. The molecule has 0 aliphatic heterocycles. The quantitative estimate of drug-likeness (QED) is 0.726. The van der Waals surface area contributed by atoms with Crippen LogP contribution in [0.4, 0.5) is 0 Å². The summed E-state index contributed by atoms with van der Waals surface area (Å²) in [6, 6.07) is 1.70. The van der Waals surface area contributed by atoms with Gasteiger partial charge in [0.25, 0.3) is 0 Å². The lowest BCUT2D eigenvalue weighted by Gasteiger charge is -2.14. The standard InChI is InChI=1S/C8H15N3OS/c1-8(2,3)6-5-7(11-10-6)13(4,9)12/h5,9H,1-4H3,(H,10,11). The Morgan fingerprint density at radius 2 is 2.08 bits per heavy atom. The molecule has 1 unspecified atom stereocenters. The summed E-state index contributed by atoms with van der Waals surface area (Å²) in [6.07, 6.45) is 1.37. The van der Waals surface area contributed by atoms with Crippen LogP contribution in [0.25, 0.3) is 0 Å². The highest BCUT2D eigenvalue weighted by Crippen LogP contribution is 2.21. The minimum Gasteiger partial charge on any atom is -0.281 e. The van der Waals surface area contributed by atoms with E-state index < -0.39 is 9.73 Å². The molecule has 0 amide bonds. The van der Waals surface area contributed by atoms with Gasteiger partial charge in [0.1, 0.15) is 0 Å². The number of nitrogens with one attached hydrogen (secondary N) is 2. The summed E-state index contributed by atoms with van der Waals surface area (Å²) < 4.78 is 18.6. The van der Waals surface area contributed by atoms with Crippen LogP contribution in [0.2, 0.25) is 0 Å². The van der Waals surface area contributed by atoms with Gasteiger partial charge >= 0.3 is 0 Å². The van der Waals surface area contributed by atoms with Gasteiger partial charge in [-0.25, -0.2) is 8.99 Å². The molecule has 0 bridgehead atoms. The van der Waals surface area contributed by atoms with Crippen LogP contribution < -0.4 is 0 Å². The molecule has 2 N–H and O–H groups in total. The van der Waals surface area contributed by atoms with Gasteiger partial charge in [0.2, 0.25) is 0 Å². The molecule has 4 nitrogen and oxygen atoms in total. The first-order valence-electron chi connectivity index (χ1n) is 4.01. The predicted molar refractivity (Wildman–Crippen MR) is 52.3 cm³/mol. The highest BCUT2D eigenvalue weighted by Gasteiger charge is 2.18. The maximum atomic E-state index is 11.3. The zero-order valence-electron chi connectivity index (χ0n) is 8.34. The topological polar surface area (TPSA) is 69.6 Å². The average Bonchev–Trinajstić information content (AvgIpc) is 2.28. The lowest BCUT2D eigenvalue weighted by atomic mass is 9.93. The second-order valence-electron chi connectivity index (χ2n) is 4.21. The van der Waals surface area contributed by atoms with Crippen molar-refractivity contribution < 1.29 is 4.21 Å². The molecule has 0 radical (unpaired) electrons. The molecule has 1 rings (SSSR count). The SMILES string of the molecule is CC(C)(C)c1cc(S(C)(=N)=O)n[nH]1. The molecule has 0 aliphatic carbocycles. The fourth-order valence-corrected chi connectivity index (χ4v) is 1.45. The summed E-state index contributed by atoms with van der Waals surface area (Å²) in [5.74, 6) is 0. The van der Waals surface area contributed by atoms with Crippen molar-refractivity contribution in [2.75, 3.05) is 6.26 Å². The van der Waals surface area contributed by atoms with E-state index in [-0.39, 0.29) is 5.41 Å². The number of nitrogens with zero attached hydrogens (tertiary/aromatic N) is 1. The third-order valence-electron chi connectivity index (χ3n) is 1.76. The van der Waals surface area contributed by atoms with Crippen LogP contribution in [0.1, 0.15) is 26.5 Å². The Hall–Kier alpha value is -0.840. The van der Waals surface area contributed by atoms with E-state index in [0.717, 1.165) is 5.69 Å². The Morgan fingerprint density at radius 3 is 2.31 bits per heavy atom. The summed E-state index contributed by atoms with van der Waals surface area (Å²) in [5.41, 5.74) is 0.861. The van der Waals surface area contributed by atoms with Gasteiger partial charge < -0.3 is 0 Å². The summed E-state index contributed by atoms with van der Waals surface area (Å²) in [4.78, 5) is 0. The molecule has 1 aromatic rings. The van der Waals surface area contributed by atoms with Crippen molar-refractivity contribution in [1.29, 1.82) is 4.78 Å². The van der Waals surface area contributed by atoms with E-state index in [4.69, 9.17) is 4.78 Å². The number of hydrogen-bond donors (Lipinski definition) is 2. The van der Waals surface area contributed by atoms with Crippen molar-refractivity contribution in [2.45, 2.75) is 31.2 Å².